The van der Waals surface area contributed by atoms with Crippen molar-refractivity contribution in [3.05, 3.63) is 70.3 Å². The van der Waals surface area contributed by atoms with Crippen LogP contribution in [-0.2, 0) is 4.74 Å². The van der Waals surface area contributed by atoms with Gasteiger partial charge in [-0.25, -0.2) is 9.48 Å². The fraction of sp³-hybridized carbons (Fsp3) is 0.0588. The molecule has 0 aliphatic rings. The minimum Gasteiger partial charge on any atom is -0.465 e. The number of aromatic nitrogens is 2. The van der Waals surface area contributed by atoms with Gasteiger partial charge in [-0.1, -0.05) is 30.3 Å². The number of carbonyl (C=O) groups is 1. The number of nitrogens with zero attached hydrogens (tertiary/aromatic N) is 3. The van der Waals surface area contributed by atoms with Gasteiger partial charge in [-0.05, 0) is 12.1 Å². The summed E-state index contributed by atoms with van der Waals surface area (Å²) in [5.74, 6) is -0.416. The highest BCUT2D eigenvalue weighted by Gasteiger charge is 2.21. The van der Waals surface area contributed by atoms with E-state index in [9.17, 15) is 14.9 Å². The van der Waals surface area contributed by atoms with Crippen LogP contribution in [0.4, 0.5) is 11.5 Å². The van der Waals surface area contributed by atoms with Crippen molar-refractivity contribution in [2.24, 2.45) is 0 Å². The van der Waals surface area contributed by atoms with Gasteiger partial charge in [-0.2, -0.15) is 5.10 Å². The summed E-state index contributed by atoms with van der Waals surface area (Å²) in [7, 11) is 1.21. The van der Waals surface area contributed by atoms with Crippen molar-refractivity contribution in [1.29, 1.82) is 0 Å². The highest BCUT2D eigenvalue weighted by atomic mass is 16.6. The van der Waals surface area contributed by atoms with E-state index in [1.165, 1.54) is 23.9 Å². The van der Waals surface area contributed by atoms with Crippen LogP contribution in [0.15, 0.2) is 54.6 Å². The molecule has 0 amide bonds. The predicted molar refractivity (Wildman–Crippen MR) is 91.4 cm³/mol. The van der Waals surface area contributed by atoms with Gasteiger partial charge in [-0.3, -0.25) is 10.1 Å². The Bertz CT molecular complexity index is 951. The molecule has 0 unspecified atom stereocenters. The molecule has 1 aromatic heterocycles. The lowest BCUT2D eigenvalue weighted by Gasteiger charge is -2.06. The molecule has 3 rings (SSSR count). The van der Waals surface area contributed by atoms with Crippen LogP contribution in [0.1, 0.15) is 10.4 Å². The van der Waals surface area contributed by atoms with Gasteiger partial charge in [0.2, 0.25) is 0 Å². The summed E-state index contributed by atoms with van der Waals surface area (Å²) in [5.41, 5.74) is 7.36. The second-order valence-corrected chi connectivity index (χ2v) is 5.18. The van der Waals surface area contributed by atoms with Crippen LogP contribution < -0.4 is 5.73 Å². The third-order valence-corrected chi connectivity index (χ3v) is 3.63. The number of benzene rings is 2. The van der Waals surface area contributed by atoms with Gasteiger partial charge in [0, 0.05) is 17.7 Å². The SMILES string of the molecule is COC(=O)c1ccc(-n2nc(-c3ccccc3)cc2N)c([N+](=O)[O-])c1. The minimum absolute atomic E-state index is 0.0759. The Balaban J connectivity index is 2.12. The number of ether oxygens (including phenoxy) is 1. The number of nitrogens with two attached hydrogens (primary N) is 1. The number of hydrogen-bond acceptors (Lipinski definition) is 6. The first-order chi connectivity index (χ1) is 12.0. The van der Waals surface area contributed by atoms with E-state index in [1.807, 2.05) is 30.3 Å². The number of nitro benzene ring substituents is 1. The Morgan fingerprint density at radius 1 is 1.20 bits per heavy atom. The zero-order chi connectivity index (χ0) is 18.0. The molecule has 0 aliphatic heterocycles. The average Bonchev–Trinajstić information content (AvgIpc) is 3.02. The van der Waals surface area contributed by atoms with E-state index in [1.54, 1.807) is 6.07 Å². The van der Waals surface area contributed by atoms with E-state index in [2.05, 4.69) is 9.84 Å². The highest BCUT2D eigenvalue weighted by Crippen LogP contribution is 2.29. The summed E-state index contributed by atoms with van der Waals surface area (Å²) in [6, 6.07) is 14.9. The average molecular weight is 338 g/mol. The quantitative estimate of drug-likeness (QED) is 0.444. The van der Waals surface area contributed by atoms with E-state index in [-0.39, 0.29) is 22.8 Å². The first-order valence-electron chi connectivity index (χ1n) is 7.29. The van der Waals surface area contributed by atoms with Crippen molar-refractivity contribution in [1.82, 2.24) is 9.78 Å². The zero-order valence-electron chi connectivity index (χ0n) is 13.2. The fourth-order valence-electron chi connectivity index (χ4n) is 2.43. The van der Waals surface area contributed by atoms with Gasteiger partial charge in [0.15, 0.2) is 0 Å². The normalized spacial score (nSPS) is 10.4. The molecule has 8 heteroatoms. The lowest BCUT2D eigenvalue weighted by atomic mass is 10.1. The maximum Gasteiger partial charge on any atom is 0.338 e. The monoisotopic (exact) mass is 338 g/mol. The van der Waals surface area contributed by atoms with Gasteiger partial charge in [0.1, 0.15) is 11.5 Å². The Kier molecular flexibility index (Phi) is 4.17. The summed E-state index contributed by atoms with van der Waals surface area (Å²) in [5, 5.41) is 15.8. The molecular weight excluding hydrogens is 324 g/mol. The topological polar surface area (TPSA) is 113 Å². The minimum atomic E-state index is -0.659. The highest BCUT2D eigenvalue weighted by molar-refractivity contribution is 5.90. The Labute approximate surface area is 142 Å². The van der Waals surface area contributed by atoms with Crippen molar-refractivity contribution in [3.63, 3.8) is 0 Å². The first-order valence-corrected chi connectivity index (χ1v) is 7.29. The van der Waals surface area contributed by atoms with E-state index >= 15 is 0 Å². The molecule has 2 N–H and O–H groups in total. The van der Waals surface area contributed by atoms with Crippen LogP contribution in [0.3, 0.4) is 0 Å². The Morgan fingerprint density at radius 3 is 2.56 bits per heavy atom. The van der Waals surface area contributed by atoms with Crippen molar-refractivity contribution in [3.8, 4) is 16.9 Å². The summed E-state index contributed by atoms with van der Waals surface area (Å²) in [4.78, 5) is 22.4. The van der Waals surface area contributed by atoms with Crippen LogP contribution in [0.2, 0.25) is 0 Å². The number of rotatable bonds is 4. The van der Waals surface area contributed by atoms with Gasteiger partial charge in [0.25, 0.3) is 5.69 Å². The Hall–Kier alpha value is -3.68. The number of carbonyl (C=O) groups excluding carboxylic acids is 1. The van der Waals surface area contributed by atoms with Crippen molar-refractivity contribution < 1.29 is 14.5 Å². The number of nitrogen functional groups attached to an aromatic ring is 1. The van der Waals surface area contributed by atoms with Crippen LogP contribution >= 0.6 is 0 Å². The molecule has 0 saturated carbocycles. The molecule has 0 aliphatic carbocycles. The van der Waals surface area contributed by atoms with Crippen LogP contribution in [-0.4, -0.2) is 27.8 Å². The van der Waals surface area contributed by atoms with E-state index in [4.69, 9.17) is 5.73 Å². The molecule has 0 radical (unpaired) electrons. The van der Waals surface area contributed by atoms with Gasteiger partial charge in [0.05, 0.1) is 23.3 Å². The van der Waals surface area contributed by atoms with E-state index < -0.39 is 10.9 Å². The molecule has 0 spiro atoms. The first kappa shape index (κ1) is 16.2. The fourth-order valence-corrected chi connectivity index (χ4v) is 2.43. The van der Waals surface area contributed by atoms with E-state index in [0.29, 0.717) is 5.69 Å². The summed E-state index contributed by atoms with van der Waals surface area (Å²) in [6.45, 7) is 0. The molecule has 3 aromatic rings. The molecule has 0 bridgehead atoms. The van der Waals surface area contributed by atoms with E-state index in [0.717, 1.165) is 11.6 Å². The molecule has 25 heavy (non-hydrogen) atoms. The van der Waals surface area contributed by atoms with Crippen LogP contribution in [0.25, 0.3) is 16.9 Å². The standard InChI is InChI=1S/C17H14N4O4/c1-25-17(22)12-7-8-14(15(9-12)21(23)24)20-16(18)10-13(19-20)11-5-3-2-4-6-11/h2-10H,18H2,1H3. The van der Waals surface area contributed by atoms with Crippen LogP contribution in [0.5, 0.6) is 0 Å². The summed E-state index contributed by atoms with van der Waals surface area (Å²) < 4.78 is 5.87. The molecule has 0 atom stereocenters. The molecule has 126 valence electrons. The second kappa shape index (κ2) is 6.44. The molecule has 1 heterocycles. The Morgan fingerprint density at radius 2 is 1.92 bits per heavy atom. The smallest absolute Gasteiger partial charge is 0.338 e. The second-order valence-electron chi connectivity index (χ2n) is 5.18. The number of nitro groups is 1. The molecule has 0 saturated heterocycles. The lowest BCUT2D eigenvalue weighted by Crippen LogP contribution is -2.08. The van der Waals surface area contributed by atoms with Gasteiger partial charge < -0.3 is 10.5 Å². The third kappa shape index (κ3) is 3.05. The zero-order valence-corrected chi connectivity index (χ0v) is 13.2. The molecular formula is C17H14N4O4. The largest absolute Gasteiger partial charge is 0.465 e. The lowest BCUT2D eigenvalue weighted by molar-refractivity contribution is -0.384. The van der Waals surface area contributed by atoms with Crippen molar-refractivity contribution >= 4 is 17.5 Å². The number of anilines is 1. The number of hydrogen-bond donors (Lipinski definition) is 1. The van der Waals surface area contributed by atoms with Gasteiger partial charge >= 0.3 is 5.97 Å². The van der Waals surface area contributed by atoms with Crippen molar-refractivity contribution in [2.45, 2.75) is 0 Å². The summed E-state index contributed by atoms with van der Waals surface area (Å²) >= 11 is 0. The molecule has 2 aromatic carbocycles. The van der Waals surface area contributed by atoms with Crippen LogP contribution in [0, 0.1) is 10.1 Å². The third-order valence-electron chi connectivity index (χ3n) is 3.63. The number of methoxy groups -OCH3 is 1. The van der Waals surface area contributed by atoms with Gasteiger partial charge in [-0.15, -0.1) is 0 Å². The molecule has 8 nitrogen and oxygen atoms in total. The summed E-state index contributed by atoms with van der Waals surface area (Å²) in [6.07, 6.45) is 0. The molecule has 0 fully saturated rings. The number of esters is 1. The predicted octanol–water partition coefficient (Wildman–Crippen LogP) is 2.82. The van der Waals surface area contributed by atoms with Crippen molar-refractivity contribution in [2.75, 3.05) is 12.8 Å². The maximum absolute atomic E-state index is 11.6. The maximum atomic E-state index is 11.6.